The number of methoxy groups -OCH3 is 1. The SMILES string of the molecule is CCN(CC(=O)NC(CC(C)C)C(=O)OC)C1CCNC1. The fraction of sp³-hybridized carbons (Fsp3) is 0.867. The maximum Gasteiger partial charge on any atom is 0.328 e. The Hall–Kier alpha value is -1.14. The Morgan fingerprint density at radius 3 is 2.62 bits per heavy atom. The monoisotopic (exact) mass is 299 g/mol. The third-order valence-electron chi connectivity index (χ3n) is 3.83. The number of likely N-dealkylation sites (N-methyl/N-ethyl adjacent to an activating group) is 1. The van der Waals surface area contributed by atoms with Crippen LogP contribution in [0.1, 0.15) is 33.6 Å². The number of rotatable bonds is 8. The van der Waals surface area contributed by atoms with Gasteiger partial charge in [-0.25, -0.2) is 4.79 Å². The van der Waals surface area contributed by atoms with Gasteiger partial charge in [0.25, 0.3) is 0 Å². The molecule has 0 radical (unpaired) electrons. The Bertz CT molecular complexity index is 341. The van der Waals surface area contributed by atoms with Crippen molar-refractivity contribution >= 4 is 11.9 Å². The first-order valence-electron chi connectivity index (χ1n) is 7.79. The first-order chi connectivity index (χ1) is 9.97. The van der Waals surface area contributed by atoms with Gasteiger partial charge in [-0.1, -0.05) is 20.8 Å². The second kappa shape index (κ2) is 9.00. The topological polar surface area (TPSA) is 70.7 Å². The van der Waals surface area contributed by atoms with E-state index in [1.165, 1.54) is 7.11 Å². The van der Waals surface area contributed by atoms with E-state index in [0.29, 0.717) is 24.9 Å². The van der Waals surface area contributed by atoms with Gasteiger partial charge in [-0.05, 0) is 31.8 Å². The summed E-state index contributed by atoms with van der Waals surface area (Å²) in [7, 11) is 1.35. The molecule has 1 heterocycles. The molecule has 122 valence electrons. The summed E-state index contributed by atoms with van der Waals surface area (Å²) >= 11 is 0. The van der Waals surface area contributed by atoms with Crippen molar-refractivity contribution in [3.05, 3.63) is 0 Å². The average molecular weight is 299 g/mol. The maximum atomic E-state index is 12.2. The number of hydrogen-bond acceptors (Lipinski definition) is 5. The molecule has 21 heavy (non-hydrogen) atoms. The van der Waals surface area contributed by atoms with Gasteiger partial charge in [0, 0.05) is 12.6 Å². The minimum Gasteiger partial charge on any atom is -0.467 e. The Labute approximate surface area is 127 Å². The normalized spacial score (nSPS) is 19.8. The fourth-order valence-corrected chi connectivity index (χ4v) is 2.70. The maximum absolute atomic E-state index is 12.2. The standard InChI is InChI=1S/C15H29N3O3/c1-5-18(12-6-7-16-9-12)10-14(19)17-13(8-11(2)3)15(20)21-4/h11-13,16H,5-10H2,1-4H3,(H,17,19). The van der Waals surface area contributed by atoms with Gasteiger partial charge >= 0.3 is 5.97 Å². The van der Waals surface area contributed by atoms with Crippen molar-refractivity contribution in [1.82, 2.24) is 15.5 Å². The molecule has 2 atom stereocenters. The molecule has 1 aliphatic heterocycles. The van der Waals surface area contributed by atoms with Crippen LogP contribution in [0.15, 0.2) is 0 Å². The Kier molecular flexibility index (Phi) is 7.67. The summed E-state index contributed by atoms with van der Waals surface area (Å²) < 4.78 is 4.77. The van der Waals surface area contributed by atoms with Crippen LogP contribution in [0.25, 0.3) is 0 Å². The summed E-state index contributed by atoms with van der Waals surface area (Å²) in [5.74, 6) is -0.168. The number of esters is 1. The molecule has 1 fully saturated rings. The van der Waals surface area contributed by atoms with Crippen molar-refractivity contribution in [1.29, 1.82) is 0 Å². The van der Waals surface area contributed by atoms with E-state index < -0.39 is 6.04 Å². The molecule has 0 bridgehead atoms. The molecule has 0 saturated carbocycles. The molecular weight excluding hydrogens is 270 g/mol. The van der Waals surface area contributed by atoms with Crippen LogP contribution >= 0.6 is 0 Å². The van der Waals surface area contributed by atoms with Gasteiger partial charge in [-0.2, -0.15) is 0 Å². The second-order valence-corrected chi connectivity index (χ2v) is 5.98. The number of carbonyl (C=O) groups is 2. The third-order valence-corrected chi connectivity index (χ3v) is 3.83. The van der Waals surface area contributed by atoms with Gasteiger partial charge in [0.2, 0.25) is 5.91 Å². The molecule has 1 amide bonds. The van der Waals surface area contributed by atoms with Crippen molar-refractivity contribution in [2.45, 2.75) is 45.7 Å². The van der Waals surface area contributed by atoms with E-state index in [2.05, 4.69) is 22.5 Å². The van der Waals surface area contributed by atoms with Crippen LogP contribution in [0.4, 0.5) is 0 Å². The lowest BCUT2D eigenvalue weighted by molar-refractivity contribution is -0.145. The lowest BCUT2D eigenvalue weighted by atomic mass is 10.0. The molecule has 1 saturated heterocycles. The molecule has 6 heteroatoms. The van der Waals surface area contributed by atoms with E-state index in [4.69, 9.17) is 4.74 Å². The molecule has 0 aromatic heterocycles. The van der Waals surface area contributed by atoms with Crippen LogP contribution in [0.5, 0.6) is 0 Å². The number of carbonyl (C=O) groups excluding carboxylic acids is 2. The number of nitrogens with one attached hydrogen (secondary N) is 2. The highest BCUT2D eigenvalue weighted by Gasteiger charge is 2.26. The first-order valence-corrected chi connectivity index (χ1v) is 7.79. The largest absolute Gasteiger partial charge is 0.467 e. The van der Waals surface area contributed by atoms with Crippen LogP contribution in [0.2, 0.25) is 0 Å². The minimum absolute atomic E-state index is 0.111. The van der Waals surface area contributed by atoms with E-state index in [1.807, 2.05) is 13.8 Å². The average Bonchev–Trinajstić information content (AvgIpc) is 2.96. The predicted octanol–water partition coefficient (Wildman–Crippen LogP) is 0.374. The highest BCUT2D eigenvalue weighted by atomic mass is 16.5. The van der Waals surface area contributed by atoms with Gasteiger partial charge in [0.15, 0.2) is 0 Å². The molecule has 1 rings (SSSR count). The van der Waals surface area contributed by atoms with Gasteiger partial charge in [0.05, 0.1) is 13.7 Å². The second-order valence-electron chi connectivity index (χ2n) is 5.98. The minimum atomic E-state index is -0.553. The molecule has 0 spiro atoms. The van der Waals surface area contributed by atoms with Crippen molar-refractivity contribution in [3.63, 3.8) is 0 Å². The quantitative estimate of drug-likeness (QED) is 0.634. The van der Waals surface area contributed by atoms with Gasteiger partial charge in [-0.15, -0.1) is 0 Å². The number of ether oxygens (including phenoxy) is 1. The number of hydrogen-bond donors (Lipinski definition) is 2. The molecule has 0 aromatic carbocycles. The zero-order valence-corrected chi connectivity index (χ0v) is 13.6. The summed E-state index contributed by atoms with van der Waals surface area (Å²) in [5, 5.41) is 6.12. The van der Waals surface area contributed by atoms with E-state index in [9.17, 15) is 9.59 Å². The molecule has 6 nitrogen and oxygen atoms in total. The van der Waals surface area contributed by atoms with Gasteiger partial charge < -0.3 is 15.4 Å². The van der Waals surface area contributed by atoms with Crippen molar-refractivity contribution in [3.8, 4) is 0 Å². The third kappa shape index (κ3) is 6.01. The summed E-state index contributed by atoms with van der Waals surface area (Å²) in [6, 6.07) is -0.148. The van der Waals surface area contributed by atoms with E-state index in [0.717, 1.165) is 26.1 Å². The Balaban J connectivity index is 2.53. The zero-order valence-electron chi connectivity index (χ0n) is 13.6. The molecule has 0 aromatic rings. The Morgan fingerprint density at radius 1 is 1.43 bits per heavy atom. The van der Waals surface area contributed by atoms with Crippen LogP contribution in [0.3, 0.4) is 0 Å². The van der Waals surface area contributed by atoms with E-state index in [1.54, 1.807) is 0 Å². The fourth-order valence-electron chi connectivity index (χ4n) is 2.70. The predicted molar refractivity (Wildman–Crippen MR) is 81.9 cm³/mol. The molecule has 1 aliphatic rings. The number of nitrogens with zero attached hydrogens (tertiary/aromatic N) is 1. The van der Waals surface area contributed by atoms with Crippen molar-refractivity contribution in [2.24, 2.45) is 5.92 Å². The van der Waals surface area contributed by atoms with Crippen molar-refractivity contribution < 1.29 is 14.3 Å². The molecule has 0 aliphatic carbocycles. The molecule has 2 unspecified atom stereocenters. The highest BCUT2D eigenvalue weighted by Crippen LogP contribution is 2.09. The first kappa shape index (κ1) is 17.9. The number of amides is 1. The van der Waals surface area contributed by atoms with E-state index >= 15 is 0 Å². The lowest BCUT2D eigenvalue weighted by Gasteiger charge is -2.27. The van der Waals surface area contributed by atoms with Gasteiger partial charge in [0.1, 0.15) is 6.04 Å². The van der Waals surface area contributed by atoms with Crippen LogP contribution in [-0.4, -0.2) is 62.1 Å². The highest BCUT2D eigenvalue weighted by molar-refractivity contribution is 5.85. The molecule has 2 N–H and O–H groups in total. The van der Waals surface area contributed by atoms with Crippen LogP contribution < -0.4 is 10.6 Å². The van der Waals surface area contributed by atoms with E-state index in [-0.39, 0.29) is 11.9 Å². The summed E-state index contributed by atoms with van der Waals surface area (Å²) in [5.41, 5.74) is 0. The zero-order chi connectivity index (χ0) is 15.8. The van der Waals surface area contributed by atoms with Gasteiger partial charge in [-0.3, -0.25) is 9.69 Å². The summed E-state index contributed by atoms with van der Waals surface area (Å²) in [4.78, 5) is 26.1. The summed E-state index contributed by atoms with van der Waals surface area (Å²) in [6.45, 7) is 9.17. The Morgan fingerprint density at radius 2 is 2.14 bits per heavy atom. The molecular formula is C15H29N3O3. The van der Waals surface area contributed by atoms with Crippen LogP contribution in [0, 0.1) is 5.92 Å². The van der Waals surface area contributed by atoms with Crippen LogP contribution in [-0.2, 0) is 14.3 Å². The lowest BCUT2D eigenvalue weighted by Crippen LogP contribution is -2.49. The summed E-state index contributed by atoms with van der Waals surface area (Å²) in [6.07, 6.45) is 1.66. The smallest absolute Gasteiger partial charge is 0.328 e. The van der Waals surface area contributed by atoms with Crippen molar-refractivity contribution in [2.75, 3.05) is 33.3 Å².